The number of imide groups is 1. The minimum absolute atomic E-state index is 0.0272. The van der Waals surface area contributed by atoms with Gasteiger partial charge >= 0.3 is 0 Å². The van der Waals surface area contributed by atoms with Gasteiger partial charge in [0.1, 0.15) is 0 Å². The minimum atomic E-state index is -0.503. The third-order valence-corrected chi connectivity index (χ3v) is 5.72. The molecule has 5 nitrogen and oxygen atoms in total. The number of nitrogens with two attached hydrogens (primary N) is 1. The Balaban J connectivity index is 1.84. The van der Waals surface area contributed by atoms with Crippen LogP contribution in [0.5, 0.6) is 0 Å². The Kier molecular flexibility index (Phi) is 3.37. The fourth-order valence-electron chi connectivity index (χ4n) is 4.16. The zero-order valence-corrected chi connectivity index (χ0v) is 12.3. The average Bonchev–Trinajstić information content (AvgIpc) is 2.72. The molecular weight excluding hydrogens is 256 g/mol. The Labute approximate surface area is 119 Å². The van der Waals surface area contributed by atoms with E-state index in [-0.39, 0.29) is 30.0 Å². The molecule has 2 N–H and O–H groups in total. The van der Waals surface area contributed by atoms with Crippen molar-refractivity contribution in [1.82, 2.24) is 4.90 Å². The van der Waals surface area contributed by atoms with E-state index in [4.69, 9.17) is 10.5 Å². The molecule has 4 atom stereocenters. The van der Waals surface area contributed by atoms with Gasteiger partial charge in [-0.25, -0.2) is 0 Å². The van der Waals surface area contributed by atoms with Crippen molar-refractivity contribution >= 4 is 11.8 Å². The van der Waals surface area contributed by atoms with E-state index in [1.807, 2.05) is 13.8 Å². The number of nitrogens with zero attached hydrogens (tertiary/aromatic N) is 1. The van der Waals surface area contributed by atoms with Crippen molar-refractivity contribution in [3.8, 4) is 0 Å². The quantitative estimate of drug-likeness (QED) is 0.784. The van der Waals surface area contributed by atoms with Gasteiger partial charge in [-0.05, 0) is 25.7 Å². The topological polar surface area (TPSA) is 72.6 Å². The summed E-state index contributed by atoms with van der Waals surface area (Å²) in [5.74, 6) is 0.222. The second-order valence-electron chi connectivity index (χ2n) is 6.44. The summed E-state index contributed by atoms with van der Waals surface area (Å²) >= 11 is 0. The number of carbonyl (C=O) groups is 2. The van der Waals surface area contributed by atoms with Crippen molar-refractivity contribution < 1.29 is 14.3 Å². The van der Waals surface area contributed by atoms with Crippen LogP contribution in [0.15, 0.2) is 0 Å². The monoisotopic (exact) mass is 280 g/mol. The molecule has 0 radical (unpaired) electrons. The van der Waals surface area contributed by atoms with E-state index in [1.165, 1.54) is 4.90 Å². The molecule has 0 aromatic heterocycles. The van der Waals surface area contributed by atoms with Crippen LogP contribution in [0.4, 0.5) is 0 Å². The van der Waals surface area contributed by atoms with Crippen LogP contribution in [0.25, 0.3) is 0 Å². The van der Waals surface area contributed by atoms with Crippen molar-refractivity contribution in [3.05, 3.63) is 0 Å². The van der Waals surface area contributed by atoms with E-state index < -0.39 is 5.41 Å². The molecule has 5 heteroatoms. The van der Waals surface area contributed by atoms with Crippen molar-refractivity contribution in [2.24, 2.45) is 17.1 Å². The smallest absolute Gasteiger partial charge is 0.236 e. The molecule has 3 aliphatic rings. The van der Waals surface area contributed by atoms with E-state index in [1.54, 1.807) is 0 Å². The van der Waals surface area contributed by atoms with Crippen LogP contribution in [0.3, 0.4) is 0 Å². The molecule has 2 saturated heterocycles. The van der Waals surface area contributed by atoms with Crippen LogP contribution < -0.4 is 5.73 Å². The summed E-state index contributed by atoms with van der Waals surface area (Å²) < 4.78 is 5.78. The van der Waals surface area contributed by atoms with Crippen LogP contribution in [-0.4, -0.2) is 41.5 Å². The molecule has 112 valence electrons. The maximum absolute atomic E-state index is 12.7. The maximum Gasteiger partial charge on any atom is 0.236 e. The molecule has 2 amide bonds. The normalized spacial score (nSPS) is 39.6. The molecule has 4 unspecified atom stereocenters. The van der Waals surface area contributed by atoms with E-state index in [9.17, 15) is 9.59 Å². The lowest BCUT2D eigenvalue weighted by Gasteiger charge is -2.54. The highest BCUT2D eigenvalue weighted by Gasteiger charge is 2.60. The van der Waals surface area contributed by atoms with Crippen molar-refractivity contribution in [3.63, 3.8) is 0 Å². The molecule has 2 aliphatic heterocycles. The van der Waals surface area contributed by atoms with E-state index >= 15 is 0 Å². The van der Waals surface area contributed by atoms with Crippen LogP contribution in [0, 0.1) is 11.3 Å². The number of amides is 2. The SMILES string of the molecule is CCC1(CC)CC(=O)N(C2C(N)C3CCCOC32)C1=O. The van der Waals surface area contributed by atoms with Gasteiger partial charge in [-0.3, -0.25) is 14.5 Å². The number of rotatable bonds is 3. The standard InChI is InChI=1S/C15H24N2O3/c1-3-15(4-2)8-10(18)17(14(15)19)12-11(16)9-6-5-7-20-13(9)12/h9,11-13H,3-8,16H2,1-2H3. The van der Waals surface area contributed by atoms with Crippen molar-refractivity contribution in [2.75, 3.05) is 6.61 Å². The highest BCUT2D eigenvalue weighted by atomic mass is 16.5. The van der Waals surface area contributed by atoms with Gasteiger partial charge < -0.3 is 10.5 Å². The first-order valence-electron chi connectivity index (χ1n) is 7.79. The Morgan fingerprint density at radius 3 is 2.65 bits per heavy atom. The third-order valence-electron chi connectivity index (χ3n) is 5.72. The summed E-state index contributed by atoms with van der Waals surface area (Å²) in [5.41, 5.74) is 5.72. The van der Waals surface area contributed by atoms with Gasteiger partial charge in [-0.1, -0.05) is 13.8 Å². The van der Waals surface area contributed by atoms with E-state index in [0.29, 0.717) is 31.8 Å². The van der Waals surface area contributed by atoms with E-state index in [0.717, 1.165) is 12.8 Å². The van der Waals surface area contributed by atoms with Crippen LogP contribution >= 0.6 is 0 Å². The summed E-state index contributed by atoms with van der Waals surface area (Å²) in [6, 6.07) is -0.349. The second kappa shape index (κ2) is 4.81. The van der Waals surface area contributed by atoms with Crippen LogP contribution in [0.2, 0.25) is 0 Å². The van der Waals surface area contributed by atoms with Crippen molar-refractivity contribution in [1.29, 1.82) is 0 Å². The van der Waals surface area contributed by atoms with Gasteiger partial charge in [-0.15, -0.1) is 0 Å². The molecule has 0 bridgehead atoms. The fraction of sp³-hybridized carbons (Fsp3) is 0.867. The minimum Gasteiger partial charge on any atom is -0.376 e. The van der Waals surface area contributed by atoms with Gasteiger partial charge in [0.05, 0.1) is 17.6 Å². The fourth-order valence-corrected chi connectivity index (χ4v) is 4.16. The Bertz CT molecular complexity index is 433. The first-order valence-corrected chi connectivity index (χ1v) is 7.79. The molecule has 2 heterocycles. The maximum atomic E-state index is 12.7. The summed E-state index contributed by atoms with van der Waals surface area (Å²) in [4.78, 5) is 26.6. The highest BCUT2D eigenvalue weighted by Crippen LogP contribution is 2.46. The number of ether oxygens (including phenoxy) is 1. The predicted octanol–water partition coefficient (Wildman–Crippen LogP) is 1.06. The molecule has 0 spiro atoms. The molecule has 0 aromatic carbocycles. The summed E-state index contributed by atoms with van der Waals surface area (Å²) in [6.07, 6.45) is 3.79. The van der Waals surface area contributed by atoms with Crippen LogP contribution in [-0.2, 0) is 14.3 Å². The zero-order valence-electron chi connectivity index (χ0n) is 12.3. The summed E-state index contributed by atoms with van der Waals surface area (Å²) in [6.45, 7) is 4.69. The Hall–Kier alpha value is -0.940. The molecule has 1 aliphatic carbocycles. The zero-order chi connectivity index (χ0) is 14.5. The number of fused-ring (bicyclic) bond motifs is 1. The number of hydrogen-bond donors (Lipinski definition) is 1. The largest absolute Gasteiger partial charge is 0.376 e. The third kappa shape index (κ3) is 1.69. The predicted molar refractivity (Wildman–Crippen MR) is 73.7 cm³/mol. The molecule has 1 saturated carbocycles. The van der Waals surface area contributed by atoms with Gasteiger partial charge in [-0.2, -0.15) is 0 Å². The van der Waals surface area contributed by atoms with Gasteiger partial charge in [0.25, 0.3) is 0 Å². The van der Waals surface area contributed by atoms with Gasteiger partial charge in [0, 0.05) is 25.0 Å². The first kappa shape index (κ1) is 14.0. The van der Waals surface area contributed by atoms with Gasteiger partial charge in [0.15, 0.2) is 0 Å². The molecule has 0 aromatic rings. The van der Waals surface area contributed by atoms with Gasteiger partial charge in [0.2, 0.25) is 11.8 Å². The van der Waals surface area contributed by atoms with Crippen LogP contribution in [0.1, 0.15) is 46.0 Å². The molecule has 3 rings (SSSR count). The molecule has 3 fully saturated rings. The first-order chi connectivity index (χ1) is 9.55. The number of hydrogen-bond acceptors (Lipinski definition) is 4. The molecular formula is C15H24N2O3. The highest BCUT2D eigenvalue weighted by molar-refractivity contribution is 6.06. The molecule has 20 heavy (non-hydrogen) atoms. The lowest BCUT2D eigenvalue weighted by atomic mass is 9.68. The lowest BCUT2D eigenvalue weighted by Crippen LogP contribution is -2.73. The Morgan fingerprint density at radius 2 is 2.05 bits per heavy atom. The average molecular weight is 280 g/mol. The van der Waals surface area contributed by atoms with Crippen molar-refractivity contribution in [2.45, 2.75) is 64.1 Å². The second-order valence-corrected chi connectivity index (χ2v) is 6.44. The van der Waals surface area contributed by atoms with E-state index in [2.05, 4.69) is 0 Å². The summed E-state index contributed by atoms with van der Waals surface area (Å²) in [5, 5.41) is 0. The number of likely N-dealkylation sites (tertiary alicyclic amines) is 1. The Morgan fingerprint density at radius 1 is 1.35 bits per heavy atom. The number of carbonyl (C=O) groups excluding carboxylic acids is 2. The summed E-state index contributed by atoms with van der Waals surface area (Å²) in [7, 11) is 0. The lowest BCUT2D eigenvalue weighted by molar-refractivity contribution is -0.175.